The highest BCUT2D eigenvalue weighted by molar-refractivity contribution is 7.98. The molecule has 0 fully saturated rings. The fourth-order valence-electron chi connectivity index (χ4n) is 1.24. The second kappa shape index (κ2) is 5.65. The SMILES string of the molecule is CC[N+](/C=C/[S+](C)C)(CC)CC. The summed E-state index contributed by atoms with van der Waals surface area (Å²) < 4.78 is 1.13. The van der Waals surface area contributed by atoms with Crippen molar-refractivity contribution in [3.63, 3.8) is 0 Å². The summed E-state index contributed by atoms with van der Waals surface area (Å²) in [4.78, 5) is 0. The number of quaternary nitrogens is 1. The van der Waals surface area contributed by atoms with E-state index < -0.39 is 0 Å². The topological polar surface area (TPSA) is 0 Å². The van der Waals surface area contributed by atoms with Crippen molar-refractivity contribution in [1.82, 2.24) is 0 Å². The van der Waals surface area contributed by atoms with Crippen LogP contribution in [0.3, 0.4) is 0 Å². The van der Waals surface area contributed by atoms with Crippen LogP contribution in [0.1, 0.15) is 20.8 Å². The van der Waals surface area contributed by atoms with Gasteiger partial charge in [-0.2, -0.15) is 0 Å². The average molecular weight is 189 g/mol. The summed E-state index contributed by atoms with van der Waals surface area (Å²) in [7, 11) is 0.437. The lowest BCUT2D eigenvalue weighted by Crippen LogP contribution is -2.42. The van der Waals surface area contributed by atoms with Gasteiger partial charge in [0.2, 0.25) is 0 Å². The Morgan fingerprint density at radius 3 is 1.67 bits per heavy atom. The van der Waals surface area contributed by atoms with E-state index in [2.05, 4.69) is 44.9 Å². The standard InChI is InChI=1S/C10H23NS/c1-6-11(7-2,8-3)9-10-12(4)5/h9-10H,6-8H2,1-5H3/q+2/b10-9+. The molecule has 0 atom stereocenters. The van der Waals surface area contributed by atoms with Gasteiger partial charge in [0.15, 0.2) is 5.41 Å². The maximum Gasteiger partial charge on any atom is 0.171 e. The van der Waals surface area contributed by atoms with Gasteiger partial charge in [0.05, 0.1) is 19.6 Å². The molecule has 0 amide bonds. The van der Waals surface area contributed by atoms with Gasteiger partial charge in [0.1, 0.15) is 18.7 Å². The quantitative estimate of drug-likeness (QED) is 0.459. The molecule has 12 heavy (non-hydrogen) atoms. The molecular formula is C10H23NS+2. The molecule has 0 aromatic carbocycles. The number of nitrogens with zero attached hydrogens (tertiary/aromatic N) is 1. The molecule has 0 rings (SSSR count). The second-order valence-corrected chi connectivity index (χ2v) is 5.36. The van der Waals surface area contributed by atoms with Crippen molar-refractivity contribution in [1.29, 1.82) is 0 Å². The van der Waals surface area contributed by atoms with Crippen molar-refractivity contribution in [3.05, 3.63) is 11.6 Å². The zero-order chi connectivity index (χ0) is 9.61. The second-order valence-electron chi connectivity index (χ2n) is 3.33. The Balaban J connectivity index is 4.29. The Morgan fingerprint density at radius 2 is 1.42 bits per heavy atom. The van der Waals surface area contributed by atoms with E-state index in [0.717, 1.165) is 4.48 Å². The molecule has 0 saturated heterocycles. The van der Waals surface area contributed by atoms with Crippen molar-refractivity contribution < 1.29 is 4.48 Å². The summed E-state index contributed by atoms with van der Waals surface area (Å²) in [6, 6.07) is 0. The Hall–Kier alpha value is 0.0500. The summed E-state index contributed by atoms with van der Waals surface area (Å²) in [6.07, 6.45) is 6.89. The molecule has 0 radical (unpaired) electrons. The van der Waals surface area contributed by atoms with Crippen molar-refractivity contribution in [2.24, 2.45) is 0 Å². The molecule has 0 unspecified atom stereocenters. The first-order valence-electron chi connectivity index (χ1n) is 4.71. The first-order valence-corrected chi connectivity index (χ1v) is 6.82. The summed E-state index contributed by atoms with van der Waals surface area (Å²) in [5.74, 6) is 0. The fraction of sp³-hybridized carbons (Fsp3) is 0.800. The fourth-order valence-corrected chi connectivity index (χ4v) is 1.74. The Labute approximate surface area is 80.4 Å². The van der Waals surface area contributed by atoms with Crippen molar-refractivity contribution in [2.75, 3.05) is 32.1 Å². The van der Waals surface area contributed by atoms with Crippen LogP contribution in [0.5, 0.6) is 0 Å². The van der Waals surface area contributed by atoms with Gasteiger partial charge in [-0.1, -0.05) is 0 Å². The van der Waals surface area contributed by atoms with Gasteiger partial charge in [-0.15, -0.1) is 0 Å². The van der Waals surface area contributed by atoms with E-state index in [1.807, 2.05) is 0 Å². The normalized spacial score (nSPS) is 13.2. The highest BCUT2D eigenvalue weighted by Crippen LogP contribution is 2.07. The molecule has 0 aromatic rings. The molecule has 0 heterocycles. The van der Waals surface area contributed by atoms with E-state index in [1.54, 1.807) is 0 Å². The first kappa shape index (κ1) is 12.0. The van der Waals surface area contributed by atoms with E-state index in [9.17, 15) is 0 Å². The molecule has 0 bridgehead atoms. The van der Waals surface area contributed by atoms with Gasteiger partial charge in [-0.3, -0.25) is 4.48 Å². The van der Waals surface area contributed by atoms with E-state index in [4.69, 9.17) is 0 Å². The summed E-state index contributed by atoms with van der Waals surface area (Å²) >= 11 is 0. The maximum absolute atomic E-state index is 2.38. The molecule has 72 valence electrons. The minimum absolute atomic E-state index is 0.437. The minimum atomic E-state index is 0.437. The third kappa shape index (κ3) is 3.63. The monoisotopic (exact) mass is 189 g/mol. The lowest BCUT2D eigenvalue weighted by atomic mass is 10.4. The molecule has 0 saturated carbocycles. The lowest BCUT2D eigenvalue weighted by Gasteiger charge is -2.30. The van der Waals surface area contributed by atoms with Gasteiger partial charge in [0.25, 0.3) is 0 Å². The Kier molecular flexibility index (Phi) is 5.68. The molecular weight excluding hydrogens is 166 g/mol. The van der Waals surface area contributed by atoms with Crippen LogP contribution in [-0.2, 0) is 10.9 Å². The number of hydrogen-bond acceptors (Lipinski definition) is 0. The molecule has 0 aliphatic heterocycles. The summed E-state index contributed by atoms with van der Waals surface area (Å²) in [5.41, 5.74) is 0. The lowest BCUT2D eigenvalue weighted by molar-refractivity contribution is -0.874. The van der Waals surface area contributed by atoms with Crippen molar-refractivity contribution in [3.8, 4) is 0 Å². The van der Waals surface area contributed by atoms with Crippen molar-refractivity contribution >= 4 is 10.9 Å². The van der Waals surface area contributed by atoms with Crippen LogP contribution in [0.15, 0.2) is 11.6 Å². The zero-order valence-electron chi connectivity index (χ0n) is 9.13. The first-order chi connectivity index (χ1) is 5.60. The predicted molar refractivity (Wildman–Crippen MR) is 60.2 cm³/mol. The van der Waals surface area contributed by atoms with Crippen LogP contribution >= 0.6 is 0 Å². The van der Waals surface area contributed by atoms with E-state index in [0.29, 0.717) is 10.9 Å². The molecule has 2 heteroatoms. The number of rotatable bonds is 5. The van der Waals surface area contributed by atoms with Crippen LogP contribution in [-0.4, -0.2) is 36.6 Å². The van der Waals surface area contributed by atoms with Gasteiger partial charge in [-0.25, -0.2) is 0 Å². The van der Waals surface area contributed by atoms with Crippen LogP contribution in [0.2, 0.25) is 0 Å². The molecule has 0 spiro atoms. The zero-order valence-corrected chi connectivity index (χ0v) is 9.95. The van der Waals surface area contributed by atoms with Crippen LogP contribution < -0.4 is 0 Å². The van der Waals surface area contributed by atoms with Gasteiger partial charge >= 0.3 is 0 Å². The van der Waals surface area contributed by atoms with E-state index >= 15 is 0 Å². The third-order valence-electron chi connectivity index (χ3n) is 2.54. The molecule has 0 aromatic heterocycles. The third-order valence-corrected chi connectivity index (χ3v) is 3.20. The van der Waals surface area contributed by atoms with Crippen LogP contribution in [0, 0.1) is 0 Å². The van der Waals surface area contributed by atoms with E-state index in [1.165, 1.54) is 19.6 Å². The van der Waals surface area contributed by atoms with E-state index in [-0.39, 0.29) is 0 Å². The van der Waals surface area contributed by atoms with Gasteiger partial charge in [-0.05, 0) is 20.8 Å². The predicted octanol–water partition coefficient (Wildman–Crippen LogP) is 2.21. The maximum atomic E-state index is 2.38. The van der Waals surface area contributed by atoms with Crippen LogP contribution in [0.4, 0.5) is 0 Å². The van der Waals surface area contributed by atoms with Crippen molar-refractivity contribution in [2.45, 2.75) is 20.8 Å². The minimum Gasteiger partial charge on any atom is -0.294 e. The summed E-state index contributed by atoms with van der Waals surface area (Å²) in [5, 5.41) is 2.34. The molecule has 0 N–H and O–H groups in total. The smallest absolute Gasteiger partial charge is 0.171 e. The highest BCUT2D eigenvalue weighted by atomic mass is 32.2. The van der Waals surface area contributed by atoms with Gasteiger partial charge in [0, 0.05) is 10.9 Å². The molecule has 0 aliphatic carbocycles. The highest BCUT2D eigenvalue weighted by Gasteiger charge is 2.18. The Morgan fingerprint density at radius 1 is 1.00 bits per heavy atom. The largest absolute Gasteiger partial charge is 0.294 e. The Bertz CT molecular complexity index is 129. The van der Waals surface area contributed by atoms with Gasteiger partial charge < -0.3 is 0 Å². The molecule has 0 aliphatic rings. The van der Waals surface area contributed by atoms with Crippen LogP contribution in [0.25, 0.3) is 0 Å². The molecule has 1 nitrogen and oxygen atoms in total. The summed E-state index contributed by atoms with van der Waals surface area (Å²) in [6.45, 7) is 10.4. The number of hydrogen-bond donors (Lipinski definition) is 0. The average Bonchev–Trinajstić information content (AvgIpc) is 2.08.